The van der Waals surface area contributed by atoms with Gasteiger partial charge in [-0.3, -0.25) is 0 Å². The molecule has 2 amide bonds. The molecular formula is C16H20F3N3O2. The van der Waals surface area contributed by atoms with E-state index < -0.39 is 11.7 Å². The van der Waals surface area contributed by atoms with Crippen molar-refractivity contribution in [2.24, 2.45) is 0 Å². The van der Waals surface area contributed by atoms with Gasteiger partial charge in [-0.15, -0.1) is 0 Å². The second-order valence-corrected chi connectivity index (χ2v) is 5.90. The average Bonchev–Trinajstić information content (AvgIpc) is 2.61. The molecule has 0 bridgehead atoms. The Kier molecular flexibility index (Phi) is 4.84. The number of carbonyl (C=O) groups excluding carboxylic acids is 1. The number of halogens is 3. The van der Waals surface area contributed by atoms with Crippen LogP contribution in [0.2, 0.25) is 0 Å². The molecule has 5 nitrogen and oxygen atoms in total. The van der Waals surface area contributed by atoms with Crippen molar-refractivity contribution in [1.82, 2.24) is 9.80 Å². The van der Waals surface area contributed by atoms with Crippen LogP contribution in [0, 0.1) is 0 Å². The number of hydrogen-bond acceptors (Lipinski definition) is 3. The number of ether oxygens (including phenoxy) is 1. The van der Waals surface area contributed by atoms with E-state index in [9.17, 15) is 18.0 Å². The van der Waals surface area contributed by atoms with Gasteiger partial charge in [-0.2, -0.15) is 13.2 Å². The lowest BCUT2D eigenvalue weighted by Crippen LogP contribution is -2.54. The Bertz CT molecular complexity index is 563. The second kappa shape index (κ2) is 6.88. The topological polar surface area (TPSA) is 36.0 Å². The highest BCUT2D eigenvalue weighted by Crippen LogP contribution is 2.30. The van der Waals surface area contributed by atoms with Crippen LogP contribution in [0.4, 0.5) is 23.7 Å². The first kappa shape index (κ1) is 16.9. The third kappa shape index (κ3) is 3.75. The lowest BCUT2D eigenvalue weighted by molar-refractivity contribution is -0.137. The summed E-state index contributed by atoms with van der Waals surface area (Å²) >= 11 is 0. The smallest absolute Gasteiger partial charge is 0.378 e. The van der Waals surface area contributed by atoms with Crippen LogP contribution in [0.25, 0.3) is 0 Å². The summed E-state index contributed by atoms with van der Waals surface area (Å²) in [4.78, 5) is 18.0. The van der Waals surface area contributed by atoms with Gasteiger partial charge >= 0.3 is 12.2 Å². The van der Waals surface area contributed by atoms with E-state index >= 15 is 0 Å². The number of piperazine rings is 1. The number of morpholine rings is 1. The molecule has 0 spiro atoms. The van der Waals surface area contributed by atoms with Crippen molar-refractivity contribution >= 4 is 11.7 Å². The summed E-state index contributed by atoms with van der Waals surface area (Å²) < 4.78 is 43.1. The Hall–Kier alpha value is -1.96. The SMILES string of the molecule is O=C(N1CCOCC1)N1CCN(c2ccc(C(F)(F)F)cc2)CC1. The minimum atomic E-state index is -4.32. The van der Waals surface area contributed by atoms with Crippen LogP contribution >= 0.6 is 0 Å². The average molecular weight is 343 g/mol. The molecule has 2 aliphatic rings. The number of benzene rings is 1. The van der Waals surface area contributed by atoms with E-state index in [2.05, 4.69) is 0 Å². The van der Waals surface area contributed by atoms with E-state index in [1.165, 1.54) is 12.1 Å². The van der Waals surface area contributed by atoms with E-state index in [0.717, 1.165) is 17.8 Å². The summed E-state index contributed by atoms with van der Waals surface area (Å²) in [5.74, 6) is 0. The van der Waals surface area contributed by atoms with Crippen molar-refractivity contribution in [3.05, 3.63) is 29.8 Å². The molecule has 0 atom stereocenters. The van der Waals surface area contributed by atoms with Gasteiger partial charge in [-0.05, 0) is 24.3 Å². The van der Waals surface area contributed by atoms with Crippen LogP contribution in [0.3, 0.4) is 0 Å². The molecule has 0 aromatic heterocycles. The molecule has 1 aromatic rings. The number of amides is 2. The molecule has 2 heterocycles. The van der Waals surface area contributed by atoms with Gasteiger partial charge in [-0.1, -0.05) is 0 Å². The van der Waals surface area contributed by atoms with Gasteiger partial charge in [0.25, 0.3) is 0 Å². The molecule has 0 radical (unpaired) electrons. The van der Waals surface area contributed by atoms with Crippen LogP contribution in [-0.2, 0) is 10.9 Å². The molecule has 24 heavy (non-hydrogen) atoms. The Morgan fingerprint density at radius 1 is 0.875 bits per heavy atom. The molecule has 0 aliphatic carbocycles. The van der Waals surface area contributed by atoms with E-state index in [4.69, 9.17) is 4.74 Å². The molecule has 132 valence electrons. The van der Waals surface area contributed by atoms with Gasteiger partial charge in [0.05, 0.1) is 18.8 Å². The van der Waals surface area contributed by atoms with Crippen molar-refractivity contribution < 1.29 is 22.7 Å². The van der Waals surface area contributed by atoms with E-state index in [1.54, 1.807) is 9.80 Å². The lowest BCUT2D eigenvalue weighted by Gasteiger charge is -2.39. The van der Waals surface area contributed by atoms with Crippen LogP contribution in [-0.4, -0.2) is 68.3 Å². The van der Waals surface area contributed by atoms with Gasteiger partial charge in [0.2, 0.25) is 0 Å². The monoisotopic (exact) mass is 343 g/mol. The quantitative estimate of drug-likeness (QED) is 0.785. The Morgan fingerprint density at radius 2 is 1.42 bits per heavy atom. The van der Waals surface area contributed by atoms with Gasteiger partial charge in [0.15, 0.2) is 0 Å². The van der Waals surface area contributed by atoms with E-state index in [-0.39, 0.29) is 6.03 Å². The van der Waals surface area contributed by atoms with Crippen LogP contribution < -0.4 is 4.90 Å². The van der Waals surface area contributed by atoms with Crippen LogP contribution in [0.5, 0.6) is 0 Å². The molecule has 1 aromatic carbocycles. The predicted molar refractivity (Wildman–Crippen MR) is 83.0 cm³/mol. The lowest BCUT2D eigenvalue weighted by atomic mass is 10.1. The van der Waals surface area contributed by atoms with Crippen LogP contribution in [0.15, 0.2) is 24.3 Å². The van der Waals surface area contributed by atoms with Gasteiger partial charge in [0.1, 0.15) is 0 Å². The minimum absolute atomic E-state index is 0.0189. The number of nitrogens with zero attached hydrogens (tertiary/aromatic N) is 3. The standard InChI is InChI=1S/C16H20F3N3O2/c17-16(18,19)13-1-3-14(4-2-13)20-5-7-21(8-6-20)15(23)22-9-11-24-12-10-22/h1-4H,5-12H2. The summed E-state index contributed by atoms with van der Waals surface area (Å²) in [6.07, 6.45) is -4.32. The number of carbonyl (C=O) groups is 1. The maximum absolute atomic E-state index is 12.6. The van der Waals surface area contributed by atoms with Gasteiger partial charge in [0, 0.05) is 45.0 Å². The largest absolute Gasteiger partial charge is 0.416 e. The summed E-state index contributed by atoms with van der Waals surface area (Å²) in [6, 6.07) is 5.19. The molecule has 2 fully saturated rings. The third-order valence-electron chi connectivity index (χ3n) is 4.39. The fourth-order valence-electron chi connectivity index (χ4n) is 2.97. The van der Waals surface area contributed by atoms with Crippen molar-refractivity contribution in [2.45, 2.75) is 6.18 Å². The fraction of sp³-hybridized carbons (Fsp3) is 0.562. The normalized spacial score (nSPS) is 19.5. The summed E-state index contributed by atoms with van der Waals surface area (Å²) in [7, 11) is 0. The molecule has 0 unspecified atom stereocenters. The van der Waals surface area contributed by atoms with Crippen molar-refractivity contribution in [1.29, 1.82) is 0 Å². The molecular weight excluding hydrogens is 323 g/mol. The van der Waals surface area contributed by atoms with Crippen LogP contribution in [0.1, 0.15) is 5.56 Å². The maximum Gasteiger partial charge on any atom is 0.416 e. The van der Waals surface area contributed by atoms with Crippen molar-refractivity contribution in [3.63, 3.8) is 0 Å². The zero-order valence-electron chi connectivity index (χ0n) is 13.3. The first-order valence-electron chi connectivity index (χ1n) is 7.99. The zero-order valence-corrected chi connectivity index (χ0v) is 13.3. The number of urea groups is 1. The van der Waals surface area contributed by atoms with E-state index in [0.29, 0.717) is 52.5 Å². The summed E-state index contributed by atoms with van der Waals surface area (Å²) in [5, 5.41) is 0. The zero-order chi connectivity index (χ0) is 17.2. The highest BCUT2D eigenvalue weighted by molar-refractivity contribution is 5.75. The molecule has 3 rings (SSSR count). The molecule has 2 aliphatic heterocycles. The summed E-state index contributed by atoms with van der Waals surface area (Å²) in [6.45, 7) is 4.71. The summed E-state index contributed by atoms with van der Waals surface area (Å²) in [5.41, 5.74) is 0.105. The predicted octanol–water partition coefficient (Wildman–Crippen LogP) is 2.28. The van der Waals surface area contributed by atoms with Crippen molar-refractivity contribution in [3.8, 4) is 0 Å². The fourth-order valence-corrected chi connectivity index (χ4v) is 2.97. The Labute approximate surface area is 138 Å². The van der Waals surface area contributed by atoms with Gasteiger partial charge in [-0.25, -0.2) is 4.79 Å². The third-order valence-corrected chi connectivity index (χ3v) is 4.39. The van der Waals surface area contributed by atoms with E-state index in [1.807, 2.05) is 4.90 Å². The number of hydrogen-bond donors (Lipinski definition) is 0. The number of anilines is 1. The maximum atomic E-state index is 12.6. The molecule has 2 saturated heterocycles. The molecule has 8 heteroatoms. The van der Waals surface area contributed by atoms with Crippen molar-refractivity contribution in [2.75, 3.05) is 57.4 Å². The first-order chi connectivity index (χ1) is 11.4. The minimum Gasteiger partial charge on any atom is -0.378 e. The van der Waals surface area contributed by atoms with Gasteiger partial charge < -0.3 is 19.4 Å². The molecule has 0 N–H and O–H groups in total. The number of alkyl halides is 3. The highest BCUT2D eigenvalue weighted by atomic mass is 19.4. The highest BCUT2D eigenvalue weighted by Gasteiger charge is 2.31. The number of rotatable bonds is 1. The Morgan fingerprint density at radius 3 is 1.96 bits per heavy atom. The second-order valence-electron chi connectivity index (χ2n) is 5.90. The molecule has 0 saturated carbocycles. The Balaban J connectivity index is 1.55. The first-order valence-corrected chi connectivity index (χ1v) is 7.99.